The maximum Gasteiger partial charge on any atom is 0.284 e. The molecule has 6 heteroatoms. The maximum atomic E-state index is 14.0. The van der Waals surface area contributed by atoms with Crippen LogP contribution >= 0.6 is 22.9 Å². The number of benzene rings is 2. The van der Waals surface area contributed by atoms with E-state index in [1.807, 2.05) is 18.4 Å². The van der Waals surface area contributed by atoms with Crippen molar-refractivity contribution >= 4 is 39.1 Å². The summed E-state index contributed by atoms with van der Waals surface area (Å²) in [5.41, 5.74) is 3.07. The highest BCUT2D eigenvalue weighted by molar-refractivity contribution is 7.16. The van der Waals surface area contributed by atoms with Crippen LogP contribution in [0.4, 0.5) is 4.39 Å². The second-order valence-electron chi connectivity index (χ2n) is 5.70. The average Bonchev–Trinajstić information content (AvgIpc) is 2.85. The maximum absolute atomic E-state index is 14.0. The fraction of sp³-hybridized carbons (Fsp3) is 0.158. The normalized spacial score (nSPS) is 11.9. The highest BCUT2D eigenvalue weighted by Crippen LogP contribution is 2.23. The first-order valence-electron chi connectivity index (χ1n) is 7.67. The van der Waals surface area contributed by atoms with E-state index in [0.717, 1.165) is 21.3 Å². The second-order valence-corrected chi connectivity index (χ2v) is 7.12. The molecule has 0 aliphatic carbocycles. The monoisotopic (exact) mass is 374 g/mol. The van der Waals surface area contributed by atoms with Crippen molar-refractivity contribution in [3.63, 3.8) is 0 Å². The van der Waals surface area contributed by atoms with Crippen LogP contribution in [0.15, 0.2) is 48.0 Å². The summed E-state index contributed by atoms with van der Waals surface area (Å²) >= 11 is 7.35. The summed E-state index contributed by atoms with van der Waals surface area (Å²) in [6.45, 7) is 8.33. The van der Waals surface area contributed by atoms with E-state index in [1.165, 1.54) is 29.5 Å². The lowest BCUT2D eigenvalue weighted by Gasteiger charge is -2.04. The Morgan fingerprint density at radius 1 is 1.36 bits per heavy atom. The van der Waals surface area contributed by atoms with Gasteiger partial charge < -0.3 is 4.57 Å². The number of carbonyl (C=O) groups excluding carboxylic acids is 1. The van der Waals surface area contributed by atoms with Crippen molar-refractivity contribution in [3.8, 4) is 0 Å². The first-order chi connectivity index (χ1) is 11.9. The van der Waals surface area contributed by atoms with Gasteiger partial charge in [-0.3, -0.25) is 4.79 Å². The number of nitrogens with zero attached hydrogens (tertiary/aromatic N) is 2. The Kier molecular flexibility index (Phi) is 4.88. The van der Waals surface area contributed by atoms with Crippen molar-refractivity contribution < 1.29 is 9.18 Å². The number of hydrogen-bond acceptors (Lipinski definition) is 2. The lowest BCUT2D eigenvalue weighted by Crippen LogP contribution is -2.17. The number of amides is 1. The Morgan fingerprint density at radius 3 is 2.76 bits per heavy atom. The summed E-state index contributed by atoms with van der Waals surface area (Å²) in [4.78, 5) is 17.1. The van der Waals surface area contributed by atoms with Gasteiger partial charge in [0.15, 0.2) is 4.80 Å². The molecule has 1 heterocycles. The highest BCUT2D eigenvalue weighted by atomic mass is 35.5. The number of aromatic nitrogens is 1. The lowest BCUT2D eigenvalue weighted by molar-refractivity contribution is 0.0994. The summed E-state index contributed by atoms with van der Waals surface area (Å²) < 4.78 is 16.9. The van der Waals surface area contributed by atoms with Gasteiger partial charge in [0.25, 0.3) is 5.91 Å². The van der Waals surface area contributed by atoms with Crippen molar-refractivity contribution in [1.82, 2.24) is 4.57 Å². The number of rotatable bonds is 3. The molecular formula is C19H16ClFN2OS. The molecule has 0 spiro atoms. The van der Waals surface area contributed by atoms with Gasteiger partial charge in [-0.2, -0.15) is 4.99 Å². The van der Waals surface area contributed by atoms with Crippen molar-refractivity contribution in [2.45, 2.75) is 20.4 Å². The second kappa shape index (κ2) is 6.94. The first kappa shape index (κ1) is 17.6. The molecule has 0 atom stereocenters. The van der Waals surface area contributed by atoms with Crippen LogP contribution in [0.1, 0.15) is 21.5 Å². The van der Waals surface area contributed by atoms with E-state index in [0.29, 0.717) is 11.3 Å². The van der Waals surface area contributed by atoms with Gasteiger partial charge in [0.2, 0.25) is 0 Å². The molecule has 0 bridgehead atoms. The van der Waals surface area contributed by atoms with Gasteiger partial charge in [0.1, 0.15) is 5.82 Å². The summed E-state index contributed by atoms with van der Waals surface area (Å²) in [6, 6.07) is 8.25. The topological polar surface area (TPSA) is 34.4 Å². The smallest absolute Gasteiger partial charge is 0.284 e. The minimum Gasteiger partial charge on any atom is -0.312 e. The molecule has 2 aromatic carbocycles. The third-order valence-corrected chi connectivity index (χ3v) is 5.34. The Morgan fingerprint density at radius 2 is 2.08 bits per heavy atom. The molecule has 3 aromatic rings. The fourth-order valence-electron chi connectivity index (χ4n) is 2.56. The Bertz CT molecular complexity index is 1040. The summed E-state index contributed by atoms with van der Waals surface area (Å²) in [5.74, 6) is -1.37. The van der Waals surface area contributed by atoms with Crippen LogP contribution in [0.3, 0.4) is 0 Å². The number of hydrogen-bond donors (Lipinski definition) is 0. The molecule has 0 radical (unpaired) electrons. The molecular weight excluding hydrogens is 359 g/mol. The predicted octanol–water partition coefficient (Wildman–Crippen LogP) is 5.04. The van der Waals surface area contributed by atoms with Gasteiger partial charge in [-0.15, -0.1) is 6.58 Å². The summed E-state index contributed by atoms with van der Waals surface area (Å²) in [6.07, 6.45) is 1.74. The van der Waals surface area contributed by atoms with Crippen LogP contribution in [0, 0.1) is 19.7 Å². The molecule has 1 aromatic heterocycles. The standard InChI is InChI=1S/C19H16ClFN2OS/c1-4-8-23-15-9-11(2)12(3)10-16(15)25-19(23)22-18(24)17-13(20)6-5-7-14(17)21/h4-7,9-10H,1,8H2,2-3H3. The zero-order chi connectivity index (χ0) is 18.1. The summed E-state index contributed by atoms with van der Waals surface area (Å²) in [5, 5.41) is 0.0526. The van der Waals surface area contributed by atoms with Gasteiger partial charge in [-0.05, 0) is 49.2 Å². The molecule has 0 N–H and O–H groups in total. The third-order valence-electron chi connectivity index (χ3n) is 3.98. The summed E-state index contributed by atoms with van der Waals surface area (Å²) in [7, 11) is 0. The first-order valence-corrected chi connectivity index (χ1v) is 8.86. The van der Waals surface area contributed by atoms with E-state index in [1.54, 1.807) is 6.08 Å². The van der Waals surface area contributed by atoms with Crippen LogP contribution in [0.5, 0.6) is 0 Å². The molecule has 25 heavy (non-hydrogen) atoms. The number of thiazole rings is 1. The minimum absolute atomic E-state index is 0.0526. The van der Waals surface area contributed by atoms with Crippen molar-refractivity contribution in [3.05, 3.63) is 75.3 Å². The molecule has 3 nitrogen and oxygen atoms in total. The molecule has 0 unspecified atom stereocenters. The van der Waals surface area contributed by atoms with Crippen LogP contribution in [-0.2, 0) is 6.54 Å². The third kappa shape index (κ3) is 3.30. The van der Waals surface area contributed by atoms with Crippen molar-refractivity contribution in [2.75, 3.05) is 0 Å². The van der Waals surface area contributed by atoms with Crippen molar-refractivity contribution in [2.24, 2.45) is 4.99 Å². The Hall–Kier alpha value is -2.24. The Balaban J connectivity index is 2.23. The zero-order valence-corrected chi connectivity index (χ0v) is 15.4. The predicted molar refractivity (Wildman–Crippen MR) is 101 cm³/mol. The number of aryl methyl sites for hydroxylation is 2. The fourth-order valence-corrected chi connectivity index (χ4v) is 3.92. The van der Waals surface area contributed by atoms with E-state index in [9.17, 15) is 9.18 Å². The lowest BCUT2D eigenvalue weighted by atomic mass is 10.1. The quantitative estimate of drug-likeness (QED) is 0.591. The molecule has 3 rings (SSSR count). The number of allylic oxidation sites excluding steroid dienone is 1. The zero-order valence-electron chi connectivity index (χ0n) is 13.8. The van der Waals surface area contributed by atoms with Crippen LogP contribution < -0.4 is 4.80 Å². The number of fused-ring (bicyclic) bond motifs is 1. The van der Waals surface area contributed by atoms with E-state index in [2.05, 4.69) is 23.7 Å². The molecule has 0 saturated heterocycles. The minimum atomic E-state index is -0.694. The van der Waals surface area contributed by atoms with Gasteiger partial charge in [0.05, 0.1) is 20.8 Å². The highest BCUT2D eigenvalue weighted by Gasteiger charge is 2.16. The van der Waals surface area contributed by atoms with Gasteiger partial charge in [-0.1, -0.05) is 35.1 Å². The van der Waals surface area contributed by atoms with Crippen LogP contribution in [-0.4, -0.2) is 10.5 Å². The molecule has 1 amide bonds. The molecule has 128 valence electrons. The van der Waals surface area contributed by atoms with E-state index >= 15 is 0 Å². The average molecular weight is 375 g/mol. The van der Waals surface area contributed by atoms with E-state index in [4.69, 9.17) is 11.6 Å². The largest absolute Gasteiger partial charge is 0.312 e. The van der Waals surface area contributed by atoms with Crippen LogP contribution in [0.25, 0.3) is 10.2 Å². The van der Waals surface area contributed by atoms with Gasteiger partial charge in [0, 0.05) is 6.54 Å². The molecule has 0 saturated carbocycles. The number of halogens is 2. The molecule has 0 fully saturated rings. The number of carbonyl (C=O) groups is 1. The van der Waals surface area contributed by atoms with Gasteiger partial charge in [-0.25, -0.2) is 4.39 Å². The SMILES string of the molecule is C=CCn1c(=NC(=O)c2c(F)cccc2Cl)sc2cc(C)c(C)cc21. The van der Waals surface area contributed by atoms with E-state index in [-0.39, 0.29) is 10.6 Å². The van der Waals surface area contributed by atoms with Crippen molar-refractivity contribution in [1.29, 1.82) is 0 Å². The Labute approximate surface area is 153 Å². The van der Waals surface area contributed by atoms with Gasteiger partial charge >= 0.3 is 0 Å². The van der Waals surface area contributed by atoms with Crippen LogP contribution in [0.2, 0.25) is 5.02 Å². The molecule has 0 aliphatic heterocycles. The van der Waals surface area contributed by atoms with E-state index < -0.39 is 11.7 Å². The molecule has 0 aliphatic rings.